The maximum Gasteiger partial charge on any atom is 0.334 e. The van der Waals surface area contributed by atoms with Crippen molar-refractivity contribution in [2.24, 2.45) is 0 Å². The Kier molecular flexibility index (Phi) is 4.71. The molecule has 0 spiro atoms. The number of hydrogen-bond donors (Lipinski definition) is 2. The lowest BCUT2D eigenvalue weighted by Crippen LogP contribution is -2.48. The Balaban J connectivity index is 2.18. The van der Waals surface area contributed by atoms with Crippen molar-refractivity contribution in [2.45, 2.75) is 13.0 Å². The zero-order chi connectivity index (χ0) is 16.3. The Bertz CT molecular complexity index is 619. The van der Waals surface area contributed by atoms with Gasteiger partial charge in [-0.3, -0.25) is 9.59 Å². The smallest absolute Gasteiger partial charge is 0.334 e. The number of rotatable bonds is 3. The van der Waals surface area contributed by atoms with E-state index in [4.69, 9.17) is 9.84 Å². The van der Waals surface area contributed by atoms with Crippen molar-refractivity contribution in [3.63, 3.8) is 0 Å². The highest BCUT2D eigenvalue weighted by Crippen LogP contribution is 2.18. The molecule has 2 rings (SSSR count). The van der Waals surface area contributed by atoms with Crippen molar-refractivity contribution in [1.82, 2.24) is 4.90 Å². The van der Waals surface area contributed by atoms with Crippen LogP contribution in [-0.2, 0) is 14.3 Å². The Morgan fingerprint density at radius 2 is 2.14 bits per heavy atom. The predicted octanol–water partition coefficient (Wildman–Crippen LogP) is 0.710. The molecule has 22 heavy (non-hydrogen) atoms. The third kappa shape index (κ3) is 3.59. The van der Waals surface area contributed by atoms with Crippen LogP contribution in [0.5, 0.6) is 0 Å². The summed E-state index contributed by atoms with van der Waals surface area (Å²) in [5.74, 6) is -2.70. The third-order valence-corrected chi connectivity index (χ3v) is 3.15. The number of carbonyl (C=O) groups excluding carboxylic acids is 2. The molecule has 1 fully saturated rings. The molecule has 0 aliphatic carbocycles. The minimum Gasteiger partial charge on any atom is -0.479 e. The number of nitrogens with one attached hydrogen (secondary N) is 1. The number of carboxylic acids is 1. The van der Waals surface area contributed by atoms with Crippen LogP contribution in [0.25, 0.3) is 0 Å². The lowest BCUT2D eigenvalue weighted by molar-refractivity contribution is -0.154. The molecule has 1 aliphatic rings. The minimum absolute atomic E-state index is 0.0823. The molecule has 118 valence electrons. The van der Waals surface area contributed by atoms with Crippen molar-refractivity contribution < 1.29 is 28.6 Å². The SMILES string of the molecule is CC(=O)Nc1cc(C(=O)N2CCOC(C(=O)O)C2)ccc1F. The van der Waals surface area contributed by atoms with E-state index in [9.17, 15) is 18.8 Å². The molecule has 1 saturated heterocycles. The van der Waals surface area contributed by atoms with Crippen LogP contribution in [0.3, 0.4) is 0 Å². The molecule has 1 atom stereocenters. The van der Waals surface area contributed by atoms with Gasteiger partial charge in [0.15, 0.2) is 6.10 Å². The number of halogens is 1. The van der Waals surface area contributed by atoms with Crippen LogP contribution in [0, 0.1) is 5.82 Å². The quantitative estimate of drug-likeness (QED) is 0.857. The summed E-state index contributed by atoms with van der Waals surface area (Å²) in [6.45, 7) is 1.51. The molecule has 0 radical (unpaired) electrons. The second-order valence-electron chi connectivity index (χ2n) is 4.82. The van der Waals surface area contributed by atoms with Gasteiger partial charge in [-0.2, -0.15) is 0 Å². The summed E-state index contributed by atoms with van der Waals surface area (Å²) in [4.78, 5) is 35.6. The highest BCUT2D eigenvalue weighted by atomic mass is 19.1. The topological polar surface area (TPSA) is 95.9 Å². The summed E-state index contributed by atoms with van der Waals surface area (Å²) in [6, 6.07) is 3.59. The van der Waals surface area contributed by atoms with Crippen LogP contribution < -0.4 is 5.32 Å². The predicted molar refractivity (Wildman–Crippen MR) is 74.0 cm³/mol. The monoisotopic (exact) mass is 310 g/mol. The summed E-state index contributed by atoms with van der Waals surface area (Å²) in [7, 11) is 0. The van der Waals surface area contributed by atoms with Gasteiger partial charge in [-0.25, -0.2) is 9.18 Å². The van der Waals surface area contributed by atoms with Gasteiger partial charge in [0, 0.05) is 19.0 Å². The molecule has 1 heterocycles. The van der Waals surface area contributed by atoms with Crippen molar-refractivity contribution in [3.8, 4) is 0 Å². The molecule has 2 N–H and O–H groups in total. The number of nitrogens with zero attached hydrogens (tertiary/aromatic N) is 1. The molecular formula is C14H15FN2O5. The van der Waals surface area contributed by atoms with Crippen LogP contribution >= 0.6 is 0 Å². The second-order valence-corrected chi connectivity index (χ2v) is 4.82. The van der Waals surface area contributed by atoms with Gasteiger partial charge in [0.1, 0.15) is 5.82 Å². The molecule has 1 unspecified atom stereocenters. The van der Waals surface area contributed by atoms with Gasteiger partial charge in [0.2, 0.25) is 5.91 Å². The van der Waals surface area contributed by atoms with Gasteiger partial charge in [0.05, 0.1) is 18.8 Å². The first-order chi connectivity index (χ1) is 10.4. The summed E-state index contributed by atoms with van der Waals surface area (Å²) >= 11 is 0. The van der Waals surface area contributed by atoms with E-state index in [1.165, 1.54) is 24.0 Å². The first-order valence-electron chi connectivity index (χ1n) is 6.59. The molecule has 0 bridgehead atoms. The van der Waals surface area contributed by atoms with E-state index in [2.05, 4.69) is 5.32 Å². The van der Waals surface area contributed by atoms with Gasteiger partial charge >= 0.3 is 5.97 Å². The molecule has 1 aromatic rings. The van der Waals surface area contributed by atoms with Crippen LogP contribution in [0.15, 0.2) is 18.2 Å². The fraction of sp³-hybridized carbons (Fsp3) is 0.357. The van der Waals surface area contributed by atoms with Gasteiger partial charge in [-0.05, 0) is 18.2 Å². The van der Waals surface area contributed by atoms with Crippen molar-refractivity contribution in [2.75, 3.05) is 25.0 Å². The number of hydrogen-bond acceptors (Lipinski definition) is 4. The van der Waals surface area contributed by atoms with Crippen molar-refractivity contribution in [1.29, 1.82) is 0 Å². The number of morpholine rings is 1. The van der Waals surface area contributed by atoms with E-state index in [1.807, 2.05) is 0 Å². The second kappa shape index (κ2) is 6.52. The van der Waals surface area contributed by atoms with Crippen LogP contribution in [-0.4, -0.2) is 53.6 Å². The van der Waals surface area contributed by atoms with Crippen LogP contribution in [0.4, 0.5) is 10.1 Å². The molecule has 2 amide bonds. The Morgan fingerprint density at radius 3 is 2.77 bits per heavy atom. The highest BCUT2D eigenvalue weighted by molar-refractivity contribution is 5.97. The van der Waals surface area contributed by atoms with E-state index >= 15 is 0 Å². The normalized spacial score (nSPS) is 17.9. The summed E-state index contributed by atoms with van der Waals surface area (Å²) in [6.07, 6.45) is -1.08. The van der Waals surface area contributed by atoms with E-state index < -0.39 is 29.7 Å². The van der Waals surface area contributed by atoms with Crippen molar-refractivity contribution >= 4 is 23.5 Å². The van der Waals surface area contributed by atoms with Crippen LogP contribution in [0.1, 0.15) is 17.3 Å². The fourth-order valence-electron chi connectivity index (χ4n) is 2.11. The number of anilines is 1. The maximum atomic E-state index is 13.6. The number of carbonyl (C=O) groups is 3. The number of carboxylic acid groups (broad SMARTS) is 1. The average Bonchev–Trinajstić information content (AvgIpc) is 2.48. The highest BCUT2D eigenvalue weighted by Gasteiger charge is 2.29. The number of aliphatic carboxylic acids is 1. The lowest BCUT2D eigenvalue weighted by Gasteiger charge is -2.31. The number of benzene rings is 1. The summed E-state index contributed by atoms with van der Waals surface area (Å²) in [5, 5.41) is 11.2. The maximum absolute atomic E-state index is 13.6. The molecule has 7 nitrogen and oxygen atoms in total. The van der Waals surface area contributed by atoms with Crippen molar-refractivity contribution in [3.05, 3.63) is 29.6 Å². The largest absolute Gasteiger partial charge is 0.479 e. The molecule has 1 aromatic carbocycles. The molecule has 0 saturated carbocycles. The van der Waals surface area contributed by atoms with Gasteiger partial charge < -0.3 is 20.1 Å². The fourth-order valence-corrected chi connectivity index (χ4v) is 2.11. The van der Waals surface area contributed by atoms with E-state index in [1.54, 1.807) is 0 Å². The first kappa shape index (κ1) is 15.9. The summed E-state index contributed by atoms with van der Waals surface area (Å²) in [5.41, 5.74) is 0.0672. The summed E-state index contributed by atoms with van der Waals surface area (Å²) < 4.78 is 18.6. The first-order valence-corrected chi connectivity index (χ1v) is 6.59. The number of amides is 2. The average molecular weight is 310 g/mol. The molecule has 8 heteroatoms. The number of ether oxygens (including phenoxy) is 1. The Morgan fingerprint density at radius 1 is 1.41 bits per heavy atom. The van der Waals surface area contributed by atoms with E-state index in [0.29, 0.717) is 0 Å². The van der Waals surface area contributed by atoms with Crippen LogP contribution in [0.2, 0.25) is 0 Å². The lowest BCUT2D eigenvalue weighted by atomic mass is 10.1. The van der Waals surface area contributed by atoms with E-state index in [-0.39, 0.29) is 30.9 Å². The Hall–Kier alpha value is -2.48. The molecule has 0 aromatic heterocycles. The molecular weight excluding hydrogens is 295 g/mol. The van der Waals surface area contributed by atoms with Gasteiger partial charge in [0.25, 0.3) is 5.91 Å². The Labute approximate surface area is 125 Å². The van der Waals surface area contributed by atoms with E-state index in [0.717, 1.165) is 6.07 Å². The van der Waals surface area contributed by atoms with Gasteiger partial charge in [-0.1, -0.05) is 0 Å². The zero-order valence-corrected chi connectivity index (χ0v) is 11.8. The zero-order valence-electron chi connectivity index (χ0n) is 11.8. The third-order valence-electron chi connectivity index (χ3n) is 3.15. The minimum atomic E-state index is -1.14. The molecule has 1 aliphatic heterocycles. The standard InChI is InChI=1S/C14H15FN2O5/c1-8(18)16-11-6-9(2-3-10(11)15)13(19)17-4-5-22-12(7-17)14(20)21/h2-3,6,12H,4-5,7H2,1H3,(H,16,18)(H,20,21). The van der Waals surface area contributed by atoms with Gasteiger partial charge in [-0.15, -0.1) is 0 Å².